The molecule has 146 valence electrons. The Hall–Kier alpha value is -3.81. The maximum Gasteiger partial charge on any atom is 0.262 e. The Labute approximate surface area is 167 Å². The van der Waals surface area contributed by atoms with Crippen molar-refractivity contribution in [2.75, 3.05) is 11.9 Å². The molecule has 3 amide bonds. The average molecular weight is 389 g/mol. The lowest BCUT2D eigenvalue weighted by Gasteiger charge is -2.14. The molecule has 29 heavy (non-hydrogen) atoms. The number of aromatic nitrogens is 3. The molecule has 0 radical (unpaired) electrons. The van der Waals surface area contributed by atoms with Gasteiger partial charge < -0.3 is 5.32 Å². The number of carbonyl (C=O) groups excluding carboxylic acids is 3. The Bertz CT molecular complexity index is 1080. The van der Waals surface area contributed by atoms with E-state index < -0.39 is 17.7 Å². The van der Waals surface area contributed by atoms with Gasteiger partial charge in [-0.3, -0.25) is 19.3 Å². The zero-order valence-electron chi connectivity index (χ0n) is 16.0. The molecule has 8 nitrogen and oxygen atoms in total. The standard InChI is InChI=1S/C21H19N5O3/c1-13(2)18-11-22-24-26(18)15-7-5-6-14(10-15)23-19(27)12-25-20(28)16-8-3-4-9-17(16)21(25)29/h3-11,13H,12H2,1-2H3,(H,23,27). The molecule has 1 N–H and O–H groups in total. The number of hydrogen-bond acceptors (Lipinski definition) is 5. The number of carbonyl (C=O) groups is 3. The van der Waals surface area contributed by atoms with E-state index in [1.165, 1.54) is 0 Å². The first kappa shape index (κ1) is 18.5. The highest BCUT2D eigenvalue weighted by Crippen LogP contribution is 2.23. The molecule has 8 heteroatoms. The normalized spacial score (nSPS) is 13.1. The molecule has 0 saturated carbocycles. The van der Waals surface area contributed by atoms with Crippen molar-refractivity contribution in [2.45, 2.75) is 19.8 Å². The second-order valence-corrected chi connectivity index (χ2v) is 7.07. The van der Waals surface area contributed by atoms with Gasteiger partial charge in [-0.15, -0.1) is 5.10 Å². The lowest BCUT2D eigenvalue weighted by molar-refractivity contribution is -0.116. The van der Waals surface area contributed by atoms with Gasteiger partial charge in [-0.1, -0.05) is 37.3 Å². The van der Waals surface area contributed by atoms with Crippen LogP contribution in [-0.4, -0.2) is 44.2 Å². The summed E-state index contributed by atoms with van der Waals surface area (Å²) in [7, 11) is 0. The van der Waals surface area contributed by atoms with Gasteiger partial charge in [-0.25, -0.2) is 4.68 Å². The Kier molecular flexibility index (Phi) is 4.67. The Morgan fingerprint density at radius 3 is 2.38 bits per heavy atom. The zero-order chi connectivity index (χ0) is 20.5. The highest BCUT2D eigenvalue weighted by molar-refractivity contribution is 6.22. The van der Waals surface area contributed by atoms with Crippen LogP contribution in [-0.2, 0) is 4.79 Å². The van der Waals surface area contributed by atoms with Crippen molar-refractivity contribution < 1.29 is 14.4 Å². The smallest absolute Gasteiger partial charge is 0.262 e. The van der Waals surface area contributed by atoms with Crippen molar-refractivity contribution in [3.8, 4) is 5.69 Å². The number of anilines is 1. The number of rotatable bonds is 5. The van der Waals surface area contributed by atoms with Crippen LogP contribution in [0, 0.1) is 0 Å². The second kappa shape index (κ2) is 7.31. The van der Waals surface area contributed by atoms with E-state index in [0.29, 0.717) is 16.8 Å². The molecule has 2 aromatic carbocycles. The van der Waals surface area contributed by atoms with E-state index in [1.807, 2.05) is 19.9 Å². The van der Waals surface area contributed by atoms with Gasteiger partial charge in [0.15, 0.2) is 0 Å². The van der Waals surface area contributed by atoms with Gasteiger partial charge in [-0.05, 0) is 36.2 Å². The first-order valence-corrected chi connectivity index (χ1v) is 9.22. The molecule has 0 aliphatic carbocycles. The van der Waals surface area contributed by atoms with E-state index in [-0.39, 0.29) is 12.5 Å². The topological polar surface area (TPSA) is 97.2 Å². The van der Waals surface area contributed by atoms with Crippen LogP contribution < -0.4 is 5.32 Å². The second-order valence-electron chi connectivity index (χ2n) is 7.07. The van der Waals surface area contributed by atoms with Crippen molar-refractivity contribution in [3.05, 3.63) is 71.5 Å². The first-order chi connectivity index (χ1) is 14.0. The van der Waals surface area contributed by atoms with Crippen LogP contribution in [0.3, 0.4) is 0 Å². The van der Waals surface area contributed by atoms with Gasteiger partial charge in [0.25, 0.3) is 11.8 Å². The third kappa shape index (κ3) is 3.40. The first-order valence-electron chi connectivity index (χ1n) is 9.22. The molecule has 0 fully saturated rings. The molecule has 0 unspecified atom stereocenters. The summed E-state index contributed by atoms with van der Waals surface area (Å²) in [4.78, 5) is 38.3. The number of fused-ring (bicyclic) bond motifs is 1. The molecule has 3 aromatic rings. The van der Waals surface area contributed by atoms with Gasteiger partial charge >= 0.3 is 0 Å². The fraction of sp³-hybridized carbons (Fsp3) is 0.190. The predicted molar refractivity (Wildman–Crippen MR) is 106 cm³/mol. The summed E-state index contributed by atoms with van der Waals surface area (Å²) in [6.45, 7) is 3.74. The van der Waals surface area contributed by atoms with E-state index in [1.54, 1.807) is 53.3 Å². The minimum atomic E-state index is -0.460. The zero-order valence-corrected chi connectivity index (χ0v) is 16.0. The number of amides is 3. The van der Waals surface area contributed by atoms with Crippen LogP contribution >= 0.6 is 0 Å². The maximum absolute atomic E-state index is 12.5. The molecule has 1 aliphatic rings. The van der Waals surface area contributed by atoms with Crippen molar-refractivity contribution >= 4 is 23.4 Å². The summed E-state index contributed by atoms with van der Waals surface area (Å²) < 4.78 is 1.71. The van der Waals surface area contributed by atoms with Crippen LogP contribution in [0.5, 0.6) is 0 Å². The highest BCUT2D eigenvalue weighted by Gasteiger charge is 2.36. The summed E-state index contributed by atoms with van der Waals surface area (Å²) >= 11 is 0. The van der Waals surface area contributed by atoms with Gasteiger partial charge in [0.05, 0.1) is 28.7 Å². The van der Waals surface area contributed by atoms with Crippen LogP contribution in [0.2, 0.25) is 0 Å². The highest BCUT2D eigenvalue weighted by atomic mass is 16.2. The SMILES string of the molecule is CC(C)c1cnnn1-c1cccc(NC(=O)CN2C(=O)c3ccccc3C2=O)c1. The van der Waals surface area contributed by atoms with E-state index in [4.69, 9.17) is 0 Å². The molecule has 0 bridgehead atoms. The molecule has 0 saturated heterocycles. The van der Waals surface area contributed by atoms with Crippen molar-refractivity contribution in [3.63, 3.8) is 0 Å². The van der Waals surface area contributed by atoms with E-state index in [9.17, 15) is 14.4 Å². The molecule has 1 aliphatic heterocycles. The maximum atomic E-state index is 12.5. The number of nitrogens with zero attached hydrogens (tertiary/aromatic N) is 4. The minimum Gasteiger partial charge on any atom is -0.324 e. The van der Waals surface area contributed by atoms with Crippen molar-refractivity contribution in [1.29, 1.82) is 0 Å². The minimum absolute atomic E-state index is 0.233. The van der Waals surface area contributed by atoms with E-state index in [2.05, 4.69) is 15.6 Å². The van der Waals surface area contributed by atoms with Gasteiger partial charge in [-0.2, -0.15) is 0 Å². The van der Waals surface area contributed by atoms with Crippen LogP contribution in [0.25, 0.3) is 5.69 Å². The lowest BCUT2D eigenvalue weighted by atomic mass is 10.1. The Morgan fingerprint density at radius 1 is 1.03 bits per heavy atom. The fourth-order valence-electron chi connectivity index (χ4n) is 3.28. The summed E-state index contributed by atoms with van der Waals surface area (Å²) in [6, 6.07) is 13.7. The van der Waals surface area contributed by atoms with Crippen LogP contribution in [0.1, 0.15) is 46.2 Å². The van der Waals surface area contributed by atoms with Gasteiger partial charge in [0.1, 0.15) is 6.54 Å². The Balaban J connectivity index is 1.49. The summed E-state index contributed by atoms with van der Waals surface area (Å²) in [5.41, 5.74) is 2.87. The predicted octanol–water partition coefficient (Wildman–Crippen LogP) is 2.63. The molecule has 2 heterocycles. The van der Waals surface area contributed by atoms with Crippen molar-refractivity contribution in [1.82, 2.24) is 19.9 Å². The third-order valence-electron chi connectivity index (χ3n) is 4.72. The monoisotopic (exact) mass is 389 g/mol. The number of benzene rings is 2. The fourth-order valence-corrected chi connectivity index (χ4v) is 3.28. The average Bonchev–Trinajstić information content (AvgIpc) is 3.29. The molecule has 0 atom stereocenters. The summed E-state index contributed by atoms with van der Waals surface area (Å²) in [5, 5.41) is 10.8. The molecular weight excluding hydrogens is 370 g/mol. The summed E-state index contributed by atoms with van der Waals surface area (Å²) in [6.07, 6.45) is 1.71. The lowest BCUT2D eigenvalue weighted by Crippen LogP contribution is -2.37. The van der Waals surface area contributed by atoms with Gasteiger partial charge in [0.2, 0.25) is 5.91 Å². The molecule has 1 aromatic heterocycles. The molecule has 0 spiro atoms. The quantitative estimate of drug-likeness (QED) is 0.677. The van der Waals surface area contributed by atoms with E-state index >= 15 is 0 Å². The number of imide groups is 1. The van der Waals surface area contributed by atoms with Crippen LogP contribution in [0.4, 0.5) is 5.69 Å². The van der Waals surface area contributed by atoms with E-state index in [0.717, 1.165) is 16.3 Å². The third-order valence-corrected chi connectivity index (χ3v) is 4.72. The summed E-state index contributed by atoms with van der Waals surface area (Å²) in [5.74, 6) is -1.14. The van der Waals surface area contributed by atoms with Gasteiger partial charge in [0, 0.05) is 5.69 Å². The molecular formula is C21H19N5O3. The van der Waals surface area contributed by atoms with Crippen LogP contribution in [0.15, 0.2) is 54.7 Å². The largest absolute Gasteiger partial charge is 0.324 e. The number of hydrogen-bond donors (Lipinski definition) is 1. The Morgan fingerprint density at radius 2 is 1.72 bits per heavy atom. The number of nitrogens with one attached hydrogen (secondary N) is 1. The molecule has 4 rings (SSSR count). The van der Waals surface area contributed by atoms with Crippen molar-refractivity contribution in [2.24, 2.45) is 0 Å².